The van der Waals surface area contributed by atoms with Crippen LogP contribution in [0.2, 0.25) is 0 Å². The molecule has 0 fully saturated rings. The minimum atomic E-state index is 0.00231. The van der Waals surface area contributed by atoms with Crippen LogP contribution in [0.15, 0.2) is 0 Å². The molecule has 0 aromatic heterocycles. The average molecular weight is 145 g/mol. The predicted octanol–water partition coefficient (Wildman–Crippen LogP) is 0.236. The molecule has 1 N–H and O–H groups in total. The van der Waals surface area contributed by atoms with E-state index in [-0.39, 0.29) is 12.6 Å². The van der Waals surface area contributed by atoms with Gasteiger partial charge in [0, 0.05) is 7.05 Å². The van der Waals surface area contributed by atoms with Crippen molar-refractivity contribution < 1.29 is 9.90 Å². The highest BCUT2D eigenvalue weighted by atomic mass is 16.3. The summed E-state index contributed by atoms with van der Waals surface area (Å²) >= 11 is 0. The third kappa shape index (κ3) is 2.82. The molecule has 0 spiro atoms. The largest absolute Gasteiger partial charge is 0.394 e. The van der Waals surface area contributed by atoms with E-state index in [1.165, 1.54) is 4.90 Å². The summed E-state index contributed by atoms with van der Waals surface area (Å²) in [5.41, 5.74) is 0. The fourth-order valence-electron chi connectivity index (χ4n) is 0.843. The number of aliphatic hydroxyl groups is 1. The Morgan fingerprint density at radius 3 is 2.60 bits per heavy atom. The number of nitrogens with zero attached hydrogens (tertiary/aromatic N) is 1. The van der Waals surface area contributed by atoms with Crippen LogP contribution in [0.5, 0.6) is 0 Å². The van der Waals surface area contributed by atoms with Gasteiger partial charge >= 0.3 is 0 Å². The van der Waals surface area contributed by atoms with E-state index in [1.807, 2.05) is 6.92 Å². The monoisotopic (exact) mass is 145 g/mol. The molecule has 0 bridgehead atoms. The first-order chi connectivity index (χ1) is 4.76. The number of amides is 1. The van der Waals surface area contributed by atoms with E-state index in [9.17, 15) is 4.79 Å². The number of rotatable bonds is 5. The van der Waals surface area contributed by atoms with Crippen LogP contribution in [0.3, 0.4) is 0 Å². The lowest BCUT2D eigenvalue weighted by Gasteiger charge is -2.21. The summed E-state index contributed by atoms with van der Waals surface area (Å²) in [5.74, 6) is 0. The van der Waals surface area contributed by atoms with E-state index in [0.29, 0.717) is 0 Å². The Kier molecular flexibility index (Phi) is 4.94. The molecular formula is C7H15NO2. The molecule has 0 radical (unpaired) electrons. The summed E-state index contributed by atoms with van der Waals surface area (Å²) in [6.07, 6.45) is 2.60. The molecule has 0 heterocycles. The Labute approximate surface area is 61.6 Å². The van der Waals surface area contributed by atoms with Crippen LogP contribution in [-0.2, 0) is 4.79 Å². The van der Waals surface area contributed by atoms with Crippen molar-refractivity contribution in [2.45, 2.75) is 25.8 Å². The van der Waals surface area contributed by atoms with Crippen molar-refractivity contribution in [3.63, 3.8) is 0 Å². The highest BCUT2D eigenvalue weighted by Crippen LogP contribution is 2.00. The third-order valence-electron chi connectivity index (χ3n) is 1.57. The first-order valence-electron chi connectivity index (χ1n) is 3.54. The summed E-state index contributed by atoms with van der Waals surface area (Å²) in [4.78, 5) is 11.7. The highest BCUT2D eigenvalue weighted by molar-refractivity contribution is 5.46. The molecule has 0 aromatic carbocycles. The van der Waals surface area contributed by atoms with E-state index in [1.54, 1.807) is 7.05 Å². The molecule has 0 aromatic rings. The molecule has 3 nitrogen and oxygen atoms in total. The van der Waals surface area contributed by atoms with E-state index >= 15 is 0 Å². The molecule has 1 unspecified atom stereocenters. The Morgan fingerprint density at radius 2 is 2.30 bits per heavy atom. The molecular weight excluding hydrogens is 130 g/mol. The van der Waals surface area contributed by atoms with Gasteiger partial charge in [0.15, 0.2) is 0 Å². The summed E-state index contributed by atoms with van der Waals surface area (Å²) in [6.45, 7) is 2.09. The lowest BCUT2D eigenvalue weighted by Crippen LogP contribution is -2.33. The summed E-state index contributed by atoms with van der Waals surface area (Å²) < 4.78 is 0. The Hall–Kier alpha value is -0.570. The fraction of sp³-hybridized carbons (Fsp3) is 0.857. The van der Waals surface area contributed by atoms with Crippen molar-refractivity contribution >= 4 is 6.41 Å². The van der Waals surface area contributed by atoms with Gasteiger partial charge in [-0.1, -0.05) is 13.3 Å². The van der Waals surface area contributed by atoms with Gasteiger partial charge in [-0.3, -0.25) is 4.79 Å². The van der Waals surface area contributed by atoms with Gasteiger partial charge in [0.1, 0.15) is 0 Å². The number of aliphatic hydroxyl groups excluding tert-OH is 1. The SMILES string of the molecule is CCCC(CO)N(C)C=O. The molecule has 3 heteroatoms. The Bertz CT molecular complexity index is 95.6. The average Bonchev–Trinajstić information content (AvgIpc) is 1.99. The van der Waals surface area contributed by atoms with Crippen LogP contribution in [0.25, 0.3) is 0 Å². The topological polar surface area (TPSA) is 40.5 Å². The number of likely N-dealkylation sites (N-methyl/N-ethyl adjacent to an activating group) is 1. The van der Waals surface area contributed by atoms with Crippen molar-refractivity contribution in [2.24, 2.45) is 0 Å². The second-order valence-corrected chi connectivity index (χ2v) is 2.40. The maximum absolute atomic E-state index is 10.2. The molecule has 0 aliphatic heterocycles. The fourth-order valence-corrected chi connectivity index (χ4v) is 0.843. The standard InChI is InChI=1S/C7H15NO2/c1-3-4-7(5-9)8(2)6-10/h6-7,9H,3-5H2,1-2H3. The molecule has 0 aliphatic carbocycles. The van der Waals surface area contributed by atoms with Gasteiger partial charge < -0.3 is 10.0 Å². The minimum Gasteiger partial charge on any atom is -0.394 e. The summed E-state index contributed by atoms with van der Waals surface area (Å²) in [7, 11) is 1.68. The second-order valence-electron chi connectivity index (χ2n) is 2.40. The van der Waals surface area contributed by atoms with Gasteiger partial charge in [-0.05, 0) is 6.42 Å². The van der Waals surface area contributed by atoms with Crippen LogP contribution < -0.4 is 0 Å². The lowest BCUT2D eigenvalue weighted by atomic mass is 10.2. The molecule has 1 amide bonds. The van der Waals surface area contributed by atoms with Gasteiger partial charge in [-0.25, -0.2) is 0 Å². The molecule has 60 valence electrons. The van der Waals surface area contributed by atoms with Crippen LogP contribution in [0.1, 0.15) is 19.8 Å². The van der Waals surface area contributed by atoms with Crippen LogP contribution in [0.4, 0.5) is 0 Å². The van der Waals surface area contributed by atoms with Crippen LogP contribution in [-0.4, -0.2) is 36.1 Å². The van der Waals surface area contributed by atoms with E-state index in [2.05, 4.69) is 0 Å². The van der Waals surface area contributed by atoms with Crippen LogP contribution >= 0.6 is 0 Å². The van der Waals surface area contributed by atoms with Crippen molar-refractivity contribution in [3.8, 4) is 0 Å². The van der Waals surface area contributed by atoms with Gasteiger partial charge in [0.2, 0.25) is 6.41 Å². The van der Waals surface area contributed by atoms with Crippen LogP contribution in [0, 0.1) is 0 Å². The third-order valence-corrected chi connectivity index (χ3v) is 1.57. The first-order valence-corrected chi connectivity index (χ1v) is 3.54. The van der Waals surface area contributed by atoms with Crippen molar-refractivity contribution in [1.82, 2.24) is 4.90 Å². The highest BCUT2D eigenvalue weighted by Gasteiger charge is 2.09. The summed E-state index contributed by atoms with van der Waals surface area (Å²) in [5, 5.41) is 8.76. The number of carbonyl (C=O) groups is 1. The van der Waals surface area contributed by atoms with Gasteiger partial charge in [-0.2, -0.15) is 0 Å². The van der Waals surface area contributed by atoms with E-state index in [0.717, 1.165) is 19.3 Å². The van der Waals surface area contributed by atoms with Gasteiger partial charge in [0.25, 0.3) is 0 Å². The lowest BCUT2D eigenvalue weighted by molar-refractivity contribution is -0.119. The van der Waals surface area contributed by atoms with E-state index in [4.69, 9.17) is 5.11 Å². The second kappa shape index (κ2) is 5.23. The zero-order valence-corrected chi connectivity index (χ0v) is 6.58. The Balaban J connectivity index is 3.67. The molecule has 0 aliphatic rings. The zero-order chi connectivity index (χ0) is 7.98. The van der Waals surface area contributed by atoms with Crippen molar-refractivity contribution in [1.29, 1.82) is 0 Å². The molecule has 0 saturated carbocycles. The normalized spacial score (nSPS) is 12.7. The number of hydrogen-bond acceptors (Lipinski definition) is 2. The number of carbonyl (C=O) groups excluding carboxylic acids is 1. The van der Waals surface area contributed by atoms with E-state index < -0.39 is 0 Å². The molecule has 10 heavy (non-hydrogen) atoms. The zero-order valence-electron chi connectivity index (χ0n) is 6.58. The Morgan fingerprint density at radius 1 is 1.70 bits per heavy atom. The maximum atomic E-state index is 10.2. The van der Waals surface area contributed by atoms with Crippen molar-refractivity contribution in [2.75, 3.05) is 13.7 Å². The van der Waals surface area contributed by atoms with Gasteiger partial charge in [0.05, 0.1) is 12.6 Å². The first kappa shape index (κ1) is 9.43. The molecule has 0 rings (SSSR count). The van der Waals surface area contributed by atoms with Gasteiger partial charge in [-0.15, -0.1) is 0 Å². The smallest absolute Gasteiger partial charge is 0.209 e. The quantitative estimate of drug-likeness (QED) is 0.563. The predicted molar refractivity (Wildman–Crippen MR) is 39.6 cm³/mol. The molecule has 1 atom stereocenters. The maximum Gasteiger partial charge on any atom is 0.209 e. The molecule has 0 saturated heterocycles. The number of hydrogen-bond donors (Lipinski definition) is 1. The minimum absolute atomic E-state index is 0.00231. The van der Waals surface area contributed by atoms with Crippen molar-refractivity contribution in [3.05, 3.63) is 0 Å². The summed E-state index contributed by atoms with van der Waals surface area (Å²) in [6, 6.07) is 0.00231.